The molecule has 0 saturated carbocycles. The summed E-state index contributed by atoms with van der Waals surface area (Å²) in [6.07, 6.45) is 2.81. The number of nitro groups is 1. The molecule has 1 aliphatic rings. The fourth-order valence-corrected chi connectivity index (χ4v) is 2.44. The van der Waals surface area contributed by atoms with Crippen molar-refractivity contribution in [3.05, 3.63) is 20.8 Å². The Morgan fingerprint density at radius 2 is 2.38 bits per heavy atom. The van der Waals surface area contributed by atoms with Crippen LogP contribution >= 0.6 is 11.8 Å². The van der Waals surface area contributed by atoms with Crippen LogP contribution in [0.2, 0.25) is 0 Å². The zero-order valence-electron chi connectivity index (χ0n) is 9.32. The second-order valence-corrected chi connectivity index (χ2v) is 4.70. The van der Waals surface area contributed by atoms with E-state index in [0.717, 1.165) is 18.6 Å². The minimum Gasteiger partial charge on any atom is -0.374 e. The van der Waals surface area contributed by atoms with E-state index < -0.39 is 4.92 Å². The summed E-state index contributed by atoms with van der Waals surface area (Å²) in [6.45, 7) is 2.67. The number of thioether (sulfide) groups is 1. The minimum absolute atomic E-state index is 0.252. The molecule has 1 N–H and O–H groups in total. The Morgan fingerprint density at radius 1 is 1.62 bits per heavy atom. The molecule has 90 valence electrons. The molecular weight excluding hydrogens is 228 g/mol. The summed E-state index contributed by atoms with van der Waals surface area (Å²) in [5.41, 5.74) is -0.252. The number of rotatable bonds is 5. The highest BCUT2D eigenvalue weighted by Gasteiger charge is 2.28. The van der Waals surface area contributed by atoms with Crippen LogP contribution in [-0.2, 0) is 4.79 Å². The van der Waals surface area contributed by atoms with E-state index in [9.17, 15) is 14.9 Å². The number of carbonyl (C=O) groups is 1. The van der Waals surface area contributed by atoms with Gasteiger partial charge in [0.2, 0.25) is 5.78 Å². The van der Waals surface area contributed by atoms with Gasteiger partial charge in [-0.1, -0.05) is 13.3 Å². The molecule has 1 fully saturated rings. The molecule has 1 heterocycles. The average molecular weight is 244 g/mol. The summed E-state index contributed by atoms with van der Waals surface area (Å²) in [7, 11) is 0. The van der Waals surface area contributed by atoms with Crippen molar-refractivity contribution in [1.29, 1.82) is 0 Å². The molecule has 1 saturated heterocycles. The van der Waals surface area contributed by atoms with E-state index in [0.29, 0.717) is 18.0 Å². The maximum Gasteiger partial charge on any atom is 0.341 e. The van der Waals surface area contributed by atoms with Gasteiger partial charge in [-0.05, 0) is 12.8 Å². The lowest BCUT2D eigenvalue weighted by Gasteiger charge is -2.15. The highest BCUT2D eigenvalue weighted by atomic mass is 32.2. The SMILES string of the molecule is CCCCC(=O)C(=C1NCCCS1)[N+](=O)[O-]. The third-order valence-corrected chi connectivity index (χ3v) is 3.39. The van der Waals surface area contributed by atoms with Crippen molar-refractivity contribution >= 4 is 17.5 Å². The van der Waals surface area contributed by atoms with E-state index >= 15 is 0 Å². The zero-order chi connectivity index (χ0) is 12.0. The Hall–Kier alpha value is -1.04. The highest BCUT2D eigenvalue weighted by molar-refractivity contribution is 8.03. The van der Waals surface area contributed by atoms with Gasteiger partial charge in [0.15, 0.2) is 5.03 Å². The summed E-state index contributed by atoms with van der Waals surface area (Å²) < 4.78 is 0. The number of hydrogen-bond acceptors (Lipinski definition) is 5. The number of allylic oxidation sites excluding steroid dienone is 1. The molecule has 0 unspecified atom stereocenters. The van der Waals surface area contributed by atoms with E-state index in [1.165, 1.54) is 11.8 Å². The molecule has 16 heavy (non-hydrogen) atoms. The Bertz CT molecular complexity index is 307. The molecule has 0 spiro atoms. The van der Waals surface area contributed by atoms with Gasteiger partial charge in [0.1, 0.15) is 0 Å². The maximum atomic E-state index is 11.7. The molecule has 0 amide bonds. The van der Waals surface area contributed by atoms with Crippen molar-refractivity contribution in [2.24, 2.45) is 0 Å². The first-order valence-electron chi connectivity index (χ1n) is 5.45. The first-order chi connectivity index (χ1) is 7.66. The van der Waals surface area contributed by atoms with Crippen molar-refractivity contribution in [3.63, 3.8) is 0 Å². The molecular formula is C10H16N2O3S. The molecule has 0 aliphatic carbocycles. The van der Waals surface area contributed by atoms with Crippen LogP contribution in [-0.4, -0.2) is 23.0 Å². The molecule has 0 bridgehead atoms. The van der Waals surface area contributed by atoms with Crippen LogP contribution in [0.5, 0.6) is 0 Å². The van der Waals surface area contributed by atoms with Gasteiger partial charge in [0, 0.05) is 18.7 Å². The Labute approximate surface area is 98.8 Å². The number of nitrogens with one attached hydrogen (secondary N) is 1. The van der Waals surface area contributed by atoms with Crippen molar-refractivity contribution in [2.45, 2.75) is 32.6 Å². The molecule has 0 radical (unpaired) electrons. The van der Waals surface area contributed by atoms with Crippen LogP contribution in [0, 0.1) is 10.1 Å². The first kappa shape index (κ1) is 13.0. The largest absolute Gasteiger partial charge is 0.374 e. The molecule has 0 aromatic carbocycles. The van der Waals surface area contributed by atoms with Gasteiger partial charge in [-0.15, -0.1) is 11.8 Å². The van der Waals surface area contributed by atoms with E-state index in [1.54, 1.807) is 0 Å². The van der Waals surface area contributed by atoms with Crippen LogP contribution in [0.4, 0.5) is 0 Å². The van der Waals surface area contributed by atoms with Gasteiger partial charge in [-0.25, -0.2) is 0 Å². The molecule has 5 nitrogen and oxygen atoms in total. The first-order valence-corrected chi connectivity index (χ1v) is 6.44. The van der Waals surface area contributed by atoms with Crippen molar-refractivity contribution < 1.29 is 9.72 Å². The summed E-state index contributed by atoms with van der Waals surface area (Å²) in [5, 5.41) is 14.3. The van der Waals surface area contributed by atoms with Crippen molar-refractivity contribution in [1.82, 2.24) is 5.32 Å². The molecule has 1 aliphatic heterocycles. The third kappa shape index (κ3) is 3.52. The molecule has 0 aromatic heterocycles. The standard InChI is InChI=1S/C10H16N2O3S/c1-2-3-5-8(13)9(12(14)15)10-11-6-4-7-16-10/h11H,2-7H2,1H3. The van der Waals surface area contributed by atoms with Crippen molar-refractivity contribution in [3.8, 4) is 0 Å². The minimum atomic E-state index is -0.557. The number of nitrogens with zero attached hydrogens (tertiary/aromatic N) is 1. The van der Waals surface area contributed by atoms with Crippen LogP contribution < -0.4 is 5.32 Å². The normalized spacial score (nSPS) is 18.8. The van der Waals surface area contributed by atoms with Gasteiger partial charge < -0.3 is 5.32 Å². The molecule has 6 heteroatoms. The van der Waals surface area contributed by atoms with E-state index in [2.05, 4.69) is 5.32 Å². The van der Waals surface area contributed by atoms with Crippen molar-refractivity contribution in [2.75, 3.05) is 12.3 Å². The second kappa shape index (κ2) is 6.52. The number of Topliss-reactive ketones (excluding diaryl/α,β-unsaturated/α-hetero) is 1. The fraction of sp³-hybridized carbons (Fsp3) is 0.700. The van der Waals surface area contributed by atoms with Gasteiger partial charge >= 0.3 is 5.70 Å². The van der Waals surface area contributed by atoms with E-state index in [4.69, 9.17) is 0 Å². The lowest BCUT2D eigenvalue weighted by molar-refractivity contribution is -0.419. The monoisotopic (exact) mass is 244 g/mol. The summed E-state index contributed by atoms with van der Waals surface area (Å²) in [5.74, 6) is 0.476. The van der Waals surface area contributed by atoms with Crippen LogP contribution in [0.3, 0.4) is 0 Å². The average Bonchev–Trinajstić information content (AvgIpc) is 2.27. The maximum absolute atomic E-state index is 11.7. The Kier molecular flexibility index (Phi) is 5.31. The van der Waals surface area contributed by atoms with Crippen LogP contribution in [0.25, 0.3) is 0 Å². The predicted molar refractivity (Wildman–Crippen MR) is 63.6 cm³/mol. The van der Waals surface area contributed by atoms with E-state index in [1.807, 2.05) is 6.92 Å². The van der Waals surface area contributed by atoms with Crippen LogP contribution in [0.15, 0.2) is 10.7 Å². The summed E-state index contributed by atoms with van der Waals surface area (Å²) in [6, 6.07) is 0. The summed E-state index contributed by atoms with van der Waals surface area (Å²) >= 11 is 1.37. The lowest BCUT2D eigenvalue weighted by atomic mass is 10.1. The number of ketones is 1. The molecule has 1 rings (SSSR count). The quantitative estimate of drug-likeness (QED) is 0.454. The van der Waals surface area contributed by atoms with Gasteiger partial charge in [0.05, 0.1) is 4.92 Å². The van der Waals surface area contributed by atoms with Gasteiger partial charge in [0.25, 0.3) is 0 Å². The number of carbonyl (C=O) groups excluding carboxylic acids is 1. The Balaban J connectivity index is 2.80. The molecule has 0 atom stereocenters. The highest BCUT2D eigenvalue weighted by Crippen LogP contribution is 2.23. The Morgan fingerprint density at radius 3 is 2.88 bits per heavy atom. The number of unbranched alkanes of at least 4 members (excludes halogenated alkanes) is 1. The van der Waals surface area contributed by atoms with Gasteiger partial charge in [-0.3, -0.25) is 14.9 Å². The van der Waals surface area contributed by atoms with Crippen LogP contribution in [0.1, 0.15) is 32.6 Å². The summed E-state index contributed by atoms with van der Waals surface area (Å²) in [4.78, 5) is 22.0. The fourth-order valence-electron chi connectivity index (χ4n) is 1.42. The number of hydrogen-bond donors (Lipinski definition) is 1. The lowest BCUT2D eigenvalue weighted by Crippen LogP contribution is -2.25. The van der Waals surface area contributed by atoms with Gasteiger partial charge in [-0.2, -0.15) is 0 Å². The smallest absolute Gasteiger partial charge is 0.341 e. The topological polar surface area (TPSA) is 72.2 Å². The predicted octanol–water partition coefficient (Wildman–Crippen LogP) is 1.92. The second-order valence-electron chi connectivity index (χ2n) is 3.59. The van der Waals surface area contributed by atoms with E-state index in [-0.39, 0.29) is 17.9 Å². The third-order valence-electron chi connectivity index (χ3n) is 2.27. The molecule has 0 aromatic rings. The zero-order valence-corrected chi connectivity index (χ0v) is 10.1.